The zero-order valence-electron chi connectivity index (χ0n) is 12.7. The normalized spacial score (nSPS) is 13.1. The van der Waals surface area contributed by atoms with E-state index < -0.39 is 0 Å². The Kier molecular flexibility index (Phi) is 8.52. The van der Waals surface area contributed by atoms with Gasteiger partial charge in [-0.15, -0.1) is 0 Å². The van der Waals surface area contributed by atoms with Crippen LogP contribution >= 0.6 is 12.3 Å². The number of rotatable bonds is 8. The predicted octanol–water partition coefficient (Wildman–Crippen LogP) is 4.94. The lowest BCUT2D eigenvalue weighted by molar-refractivity contribution is 0.0780. The third kappa shape index (κ3) is 6.68. The van der Waals surface area contributed by atoms with Crippen LogP contribution in [-0.2, 0) is 8.37 Å². The summed E-state index contributed by atoms with van der Waals surface area (Å²) < 4.78 is 11.6. The van der Waals surface area contributed by atoms with Crippen molar-refractivity contribution < 1.29 is 8.37 Å². The maximum absolute atomic E-state index is 5.79. The molecule has 0 radical (unpaired) electrons. The Hall–Kier alpha value is 0.270. The monoisotopic (exact) mass is 262 g/mol. The van der Waals surface area contributed by atoms with Crippen molar-refractivity contribution in [2.24, 2.45) is 23.7 Å². The lowest BCUT2D eigenvalue weighted by Crippen LogP contribution is -2.26. The van der Waals surface area contributed by atoms with E-state index in [9.17, 15) is 0 Å². The van der Waals surface area contributed by atoms with Crippen molar-refractivity contribution in [1.29, 1.82) is 0 Å². The fraction of sp³-hybridized carbons (Fsp3) is 1.00. The van der Waals surface area contributed by atoms with Gasteiger partial charge in [0.2, 0.25) is 0 Å². The molecular weight excluding hydrogens is 232 g/mol. The summed E-state index contributed by atoms with van der Waals surface area (Å²) >= 11 is 1.18. The molecule has 0 aliphatic heterocycles. The largest absolute Gasteiger partial charge is 0.287 e. The molecular formula is C14H30O2S. The van der Waals surface area contributed by atoms with Crippen LogP contribution in [0.1, 0.15) is 55.4 Å². The van der Waals surface area contributed by atoms with Crippen LogP contribution in [0.25, 0.3) is 0 Å². The van der Waals surface area contributed by atoms with Gasteiger partial charge in [-0.2, -0.15) is 0 Å². The topological polar surface area (TPSA) is 18.5 Å². The van der Waals surface area contributed by atoms with Crippen molar-refractivity contribution in [1.82, 2.24) is 0 Å². The summed E-state index contributed by atoms with van der Waals surface area (Å²) in [5, 5.41) is 0. The Morgan fingerprint density at radius 1 is 0.529 bits per heavy atom. The first-order chi connectivity index (χ1) is 7.77. The van der Waals surface area contributed by atoms with Crippen LogP contribution in [-0.4, -0.2) is 12.2 Å². The van der Waals surface area contributed by atoms with Crippen molar-refractivity contribution in [3.05, 3.63) is 0 Å². The summed E-state index contributed by atoms with van der Waals surface area (Å²) in [6.07, 6.45) is 0.500. The molecule has 0 saturated carbocycles. The van der Waals surface area contributed by atoms with E-state index in [1.54, 1.807) is 0 Å². The van der Waals surface area contributed by atoms with Gasteiger partial charge < -0.3 is 0 Å². The molecule has 0 saturated heterocycles. The molecule has 0 aromatic rings. The lowest BCUT2D eigenvalue weighted by atomic mass is 9.97. The van der Waals surface area contributed by atoms with E-state index in [2.05, 4.69) is 55.4 Å². The molecule has 0 aliphatic carbocycles. The maximum Gasteiger partial charge on any atom is 0.159 e. The minimum Gasteiger partial charge on any atom is -0.287 e. The molecule has 0 fully saturated rings. The third-order valence-electron chi connectivity index (χ3n) is 2.93. The summed E-state index contributed by atoms with van der Waals surface area (Å²) in [6, 6.07) is 0. The summed E-state index contributed by atoms with van der Waals surface area (Å²) in [5.74, 6) is 2.07. The fourth-order valence-electron chi connectivity index (χ4n) is 2.10. The average Bonchev–Trinajstić information content (AvgIpc) is 2.14. The maximum atomic E-state index is 5.79. The van der Waals surface area contributed by atoms with Gasteiger partial charge in [-0.05, 0) is 23.7 Å². The van der Waals surface area contributed by atoms with E-state index in [0.717, 1.165) is 0 Å². The Bertz CT molecular complexity index is 155. The average molecular weight is 262 g/mol. The van der Waals surface area contributed by atoms with Crippen LogP contribution < -0.4 is 0 Å². The van der Waals surface area contributed by atoms with Crippen molar-refractivity contribution in [3.8, 4) is 0 Å². The third-order valence-corrected chi connectivity index (χ3v) is 3.53. The van der Waals surface area contributed by atoms with Crippen molar-refractivity contribution in [2.45, 2.75) is 67.6 Å². The smallest absolute Gasteiger partial charge is 0.159 e. The quantitative estimate of drug-likeness (QED) is 0.577. The number of hydrogen-bond donors (Lipinski definition) is 0. The van der Waals surface area contributed by atoms with E-state index in [0.29, 0.717) is 23.7 Å². The van der Waals surface area contributed by atoms with Gasteiger partial charge in [0.05, 0.1) is 12.2 Å². The van der Waals surface area contributed by atoms with Crippen molar-refractivity contribution in [2.75, 3.05) is 0 Å². The Labute approximate surface area is 112 Å². The molecule has 0 unspecified atom stereocenters. The van der Waals surface area contributed by atoms with Gasteiger partial charge in [-0.25, -0.2) is 0 Å². The molecule has 0 aromatic carbocycles. The zero-order chi connectivity index (χ0) is 13.6. The van der Waals surface area contributed by atoms with Crippen LogP contribution in [0.15, 0.2) is 0 Å². The van der Waals surface area contributed by atoms with E-state index >= 15 is 0 Å². The van der Waals surface area contributed by atoms with Crippen molar-refractivity contribution in [3.63, 3.8) is 0 Å². The lowest BCUT2D eigenvalue weighted by Gasteiger charge is -2.27. The van der Waals surface area contributed by atoms with Gasteiger partial charge in [0.25, 0.3) is 0 Å². The molecule has 0 aliphatic rings. The molecule has 0 aromatic heterocycles. The second-order valence-electron chi connectivity index (χ2n) is 6.17. The molecule has 0 amide bonds. The van der Waals surface area contributed by atoms with Gasteiger partial charge in [0, 0.05) is 0 Å². The molecule has 104 valence electrons. The molecule has 0 bridgehead atoms. The predicted molar refractivity (Wildman–Crippen MR) is 76.7 cm³/mol. The second-order valence-corrected chi connectivity index (χ2v) is 6.69. The first-order valence-electron chi connectivity index (χ1n) is 6.76. The summed E-state index contributed by atoms with van der Waals surface area (Å²) in [4.78, 5) is 0. The van der Waals surface area contributed by atoms with Crippen LogP contribution in [0.5, 0.6) is 0 Å². The standard InChI is InChI=1S/C14H30O2S/c1-9(2)13(10(3)4)15-17-16-14(11(5)6)12(7)8/h9-14H,1-8H3. The van der Waals surface area contributed by atoms with Crippen LogP contribution in [0.3, 0.4) is 0 Å². The molecule has 2 nitrogen and oxygen atoms in total. The van der Waals surface area contributed by atoms with Gasteiger partial charge in [0.15, 0.2) is 12.3 Å². The molecule has 0 rings (SSSR count). The highest BCUT2D eigenvalue weighted by Crippen LogP contribution is 2.27. The van der Waals surface area contributed by atoms with Crippen molar-refractivity contribution >= 4 is 12.3 Å². The van der Waals surface area contributed by atoms with E-state index in [1.165, 1.54) is 12.3 Å². The molecule has 0 atom stereocenters. The van der Waals surface area contributed by atoms with Crippen LogP contribution in [0.2, 0.25) is 0 Å². The molecule has 3 heteroatoms. The van der Waals surface area contributed by atoms with E-state index in [1.807, 2.05) is 0 Å². The number of hydrogen-bond acceptors (Lipinski definition) is 3. The molecule has 0 N–H and O–H groups in total. The summed E-state index contributed by atoms with van der Waals surface area (Å²) in [5.41, 5.74) is 0. The Morgan fingerprint density at radius 3 is 0.941 bits per heavy atom. The second kappa shape index (κ2) is 8.39. The summed E-state index contributed by atoms with van der Waals surface area (Å²) in [6.45, 7) is 17.5. The summed E-state index contributed by atoms with van der Waals surface area (Å²) in [7, 11) is 0. The first-order valence-corrected chi connectivity index (χ1v) is 7.42. The minimum absolute atomic E-state index is 0.250. The van der Waals surface area contributed by atoms with Gasteiger partial charge >= 0.3 is 0 Å². The van der Waals surface area contributed by atoms with Gasteiger partial charge in [0.1, 0.15) is 0 Å². The van der Waals surface area contributed by atoms with Gasteiger partial charge in [-0.3, -0.25) is 8.37 Å². The fourth-order valence-corrected chi connectivity index (χ4v) is 3.21. The zero-order valence-corrected chi connectivity index (χ0v) is 13.5. The molecule has 0 spiro atoms. The van der Waals surface area contributed by atoms with E-state index in [4.69, 9.17) is 8.37 Å². The van der Waals surface area contributed by atoms with Crippen LogP contribution in [0, 0.1) is 23.7 Å². The van der Waals surface area contributed by atoms with Gasteiger partial charge in [-0.1, -0.05) is 55.4 Å². The highest BCUT2D eigenvalue weighted by atomic mass is 32.2. The minimum atomic E-state index is 0.250. The Balaban J connectivity index is 4.10. The first kappa shape index (κ1) is 17.3. The SMILES string of the molecule is CC(C)C(OSOC(C(C)C)C(C)C)C(C)C. The molecule has 17 heavy (non-hydrogen) atoms. The van der Waals surface area contributed by atoms with Crippen LogP contribution in [0.4, 0.5) is 0 Å². The molecule has 0 heterocycles. The Morgan fingerprint density at radius 2 is 0.765 bits per heavy atom. The highest BCUT2D eigenvalue weighted by Gasteiger charge is 2.22. The highest BCUT2D eigenvalue weighted by molar-refractivity contribution is 7.89. The van der Waals surface area contributed by atoms with E-state index in [-0.39, 0.29) is 12.2 Å².